The lowest BCUT2D eigenvalue weighted by Crippen LogP contribution is -2.22. The number of phenolic OH excluding ortho intramolecular Hbond substituents is 1. The Morgan fingerprint density at radius 2 is 1.74 bits per heavy atom. The fourth-order valence-electron chi connectivity index (χ4n) is 2.62. The zero-order chi connectivity index (χ0) is 16.2. The third-order valence-electron chi connectivity index (χ3n) is 3.95. The Balaban J connectivity index is 1.69. The second kappa shape index (κ2) is 6.62. The molecule has 2 atom stereocenters. The summed E-state index contributed by atoms with van der Waals surface area (Å²) in [4.78, 5) is 0. The summed E-state index contributed by atoms with van der Waals surface area (Å²) in [6.45, 7) is 4.22. The Morgan fingerprint density at radius 3 is 2.39 bits per heavy atom. The maximum absolute atomic E-state index is 9.59. The van der Waals surface area contributed by atoms with E-state index in [4.69, 9.17) is 0 Å². The monoisotopic (exact) mass is 308 g/mol. The van der Waals surface area contributed by atoms with Gasteiger partial charge in [0.15, 0.2) is 0 Å². The second-order valence-electron chi connectivity index (χ2n) is 5.64. The van der Waals surface area contributed by atoms with Gasteiger partial charge in [-0.15, -0.1) is 5.10 Å². The third-order valence-corrected chi connectivity index (χ3v) is 3.95. The van der Waals surface area contributed by atoms with Crippen molar-refractivity contribution in [3.8, 4) is 11.4 Å². The van der Waals surface area contributed by atoms with E-state index in [0.717, 1.165) is 11.3 Å². The predicted molar refractivity (Wildman–Crippen MR) is 89.4 cm³/mol. The molecule has 5 nitrogen and oxygen atoms in total. The first-order valence-corrected chi connectivity index (χ1v) is 7.65. The quantitative estimate of drug-likeness (QED) is 0.758. The van der Waals surface area contributed by atoms with Gasteiger partial charge in [-0.2, -0.15) is 0 Å². The molecule has 1 heterocycles. The first-order chi connectivity index (χ1) is 11.1. The van der Waals surface area contributed by atoms with Gasteiger partial charge in [0.05, 0.1) is 18.1 Å². The largest absolute Gasteiger partial charge is 0.508 e. The van der Waals surface area contributed by atoms with Crippen LogP contribution < -0.4 is 5.32 Å². The van der Waals surface area contributed by atoms with Gasteiger partial charge >= 0.3 is 0 Å². The molecule has 0 aliphatic rings. The molecule has 2 aromatic carbocycles. The molecule has 0 radical (unpaired) electrons. The zero-order valence-electron chi connectivity index (χ0n) is 13.2. The van der Waals surface area contributed by atoms with Gasteiger partial charge in [0.2, 0.25) is 0 Å². The van der Waals surface area contributed by atoms with E-state index >= 15 is 0 Å². The van der Waals surface area contributed by atoms with Crippen LogP contribution in [0.2, 0.25) is 0 Å². The van der Waals surface area contributed by atoms with Crippen LogP contribution in [0.4, 0.5) is 0 Å². The molecule has 118 valence electrons. The minimum Gasteiger partial charge on any atom is -0.508 e. The predicted octanol–water partition coefficient (Wildman–Crippen LogP) is 3.38. The molecular weight excluding hydrogens is 288 g/mol. The summed E-state index contributed by atoms with van der Waals surface area (Å²) in [6.07, 6.45) is 3.48. The number of aromatic nitrogens is 3. The van der Waals surface area contributed by atoms with E-state index in [1.165, 1.54) is 5.56 Å². The highest BCUT2D eigenvalue weighted by molar-refractivity contribution is 5.35. The molecule has 0 aliphatic carbocycles. The molecule has 0 amide bonds. The highest BCUT2D eigenvalue weighted by atomic mass is 16.3. The van der Waals surface area contributed by atoms with E-state index in [0.29, 0.717) is 5.75 Å². The Morgan fingerprint density at radius 1 is 1.00 bits per heavy atom. The van der Waals surface area contributed by atoms with Crippen molar-refractivity contribution in [3.05, 3.63) is 72.1 Å². The summed E-state index contributed by atoms with van der Waals surface area (Å²) in [6, 6.07) is 15.9. The molecule has 3 aromatic rings. The summed E-state index contributed by atoms with van der Waals surface area (Å²) in [5, 5.41) is 20.9. The lowest BCUT2D eigenvalue weighted by Gasteiger charge is -2.21. The van der Waals surface area contributed by atoms with Crippen molar-refractivity contribution in [2.75, 3.05) is 0 Å². The van der Waals surface area contributed by atoms with E-state index in [1.54, 1.807) is 23.0 Å². The molecule has 0 saturated carbocycles. The van der Waals surface area contributed by atoms with Crippen LogP contribution in [-0.2, 0) is 0 Å². The second-order valence-corrected chi connectivity index (χ2v) is 5.64. The average Bonchev–Trinajstić information content (AvgIpc) is 3.09. The molecule has 23 heavy (non-hydrogen) atoms. The lowest BCUT2D eigenvalue weighted by molar-refractivity contribution is 0.466. The summed E-state index contributed by atoms with van der Waals surface area (Å²) >= 11 is 0. The number of rotatable bonds is 5. The third kappa shape index (κ3) is 3.57. The van der Waals surface area contributed by atoms with Crippen LogP contribution in [0.3, 0.4) is 0 Å². The number of hydrogen-bond acceptors (Lipinski definition) is 4. The molecule has 0 spiro atoms. The maximum Gasteiger partial charge on any atom is 0.115 e. The van der Waals surface area contributed by atoms with Gasteiger partial charge < -0.3 is 10.4 Å². The molecule has 1 aromatic heterocycles. The Bertz CT molecular complexity index is 753. The van der Waals surface area contributed by atoms with E-state index in [2.05, 4.69) is 41.6 Å². The number of phenols is 1. The van der Waals surface area contributed by atoms with E-state index in [9.17, 15) is 5.11 Å². The van der Waals surface area contributed by atoms with E-state index in [-0.39, 0.29) is 12.1 Å². The number of nitrogens with one attached hydrogen (secondary N) is 1. The first kappa shape index (κ1) is 15.2. The van der Waals surface area contributed by atoms with E-state index < -0.39 is 0 Å². The van der Waals surface area contributed by atoms with Crippen LogP contribution in [0.1, 0.15) is 37.1 Å². The molecule has 0 unspecified atom stereocenters. The van der Waals surface area contributed by atoms with Gasteiger partial charge in [-0.25, -0.2) is 4.68 Å². The van der Waals surface area contributed by atoms with Gasteiger partial charge in [0, 0.05) is 12.1 Å². The van der Waals surface area contributed by atoms with Crippen molar-refractivity contribution in [3.63, 3.8) is 0 Å². The highest BCUT2D eigenvalue weighted by Crippen LogP contribution is 2.22. The van der Waals surface area contributed by atoms with Gasteiger partial charge in [0.25, 0.3) is 0 Å². The molecule has 0 saturated heterocycles. The van der Waals surface area contributed by atoms with E-state index in [1.807, 2.05) is 30.5 Å². The number of nitrogens with zero attached hydrogens (tertiary/aromatic N) is 3. The topological polar surface area (TPSA) is 63.0 Å². The molecule has 0 aliphatic heterocycles. The standard InChI is InChI=1S/C18H20N4O/c1-13(20-14(2)16-4-3-5-18(23)12-16)15-6-8-17(9-7-15)22-11-10-19-21-22/h3-14,20,23H,1-2H3/t13-,14+/m0/s1. The number of hydrogen-bond donors (Lipinski definition) is 2. The highest BCUT2D eigenvalue weighted by Gasteiger charge is 2.11. The molecule has 2 N–H and O–H groups in total. The molecular formula is C18H20N4O. The van der Waals surface area contributed by atoms with Crippen molar-refractivity contribution in [1.29, 1.82) is 0 Å². The summed E-state index contributed by atoms with van der Waals surface area (Å²) in [5.74, 6) is 0.293. The van der Waals surface area contributed by atoms with Crippen LogP contribution in [0.5, 0.6) is 5.75 Å². The fourth-order valence-corrected chi connectivity index (χ4v) is 2.62. The van der Waals surface area contributed by atoms with Crippen molar-refractivity contribution < 1.29 is 5.11 Å². The normalized spacial score (nSPS) is 13.7. The fraction of sp³-hybridized carbons (Fsp3) is 0.222. The van der Waals surface area contributed by atoms with Crippen molar-refractivity contribution >= 4 is 0 Å². The molecule has 3 rings (SSSR count). The van der Waals surface area contributed by atoms with Crippen molar-refractivity contribution in [1.82, 2.24) is 20.3 Å². The summed E-state index contributed by atoms with van der Waals surface area (Å²) < 4.78 is 1.73. The number of aromatic hydroxyl groups is 1. The minimum atomic E-state index is 0.145. The SMILES string of the molecule is C[C@H](N[C@H](C)c1cccc(O)c1)c1ccc(-n2ccnn2)cc1. The van der Waals surface area contributed by atoms with Crippen LogP contribution in [0.25, 0.3) is 5.69 Å². The van der Waals surface area contributed by atoms with Gasteiger partial charge in [-0.3, -0.25) is 0 Å². The Hall–Kier alpha value is -2.66. The zero-order valence-corrected chi connectivity index (χ0v) is 13.2. The summed E-state index contributed by atoms with van der Waals surface area (Å²) in [5.41, 5.74) is 3.25. The van der Waals surface area contributed by atoms with Crippen LogP contribution in [0, 0.1) is 0 Å². The van der Waals surface area contributed by atoms with Crippen molar-refractivity contribution in [2.45, 2.75) is 25.9 Å². The van der Waals surface area contributed by atoms with Crippen LogP contribution in [0.15, 0.2) is 60.9 Å². The lowest BCUT2D eigenvalue weighted by atomic mass is 10.0. The smallest absolute Gasteiger partial charge is 0.115 e. The maximum atomic E-state index is 9.59. The molecule has 5 heteroatoms. The Labute approximate surface area is 135 Å². The van der Waals surface area contributed by atoms with Crippen LogP contribution >= 0.6 is 0 Å². The first-order valence-electron chi connectivity index (χ1n) is 7.65. The van der Waals surface area contributed by atoms with Crippen molar-refractivity contribution in [2.24, 2.45) is 0 Å². The minimum absolute atomic E-state index is 0.145. The average molecular weight is 308 g/mol. The van der Waals surface area contributed by atoms with Gasteiger partial charge in [-0.1, -0.05) is 29.5 Å². The Kier molecular flexibility index (Phi) is 4.39. The van der Waals surface area contributed by atoms with Gasteiger partial charge in [-0.05, 0) is 49.2 Å². The van der Waals surface area contributed by atoms with Crippen LogP contribution in [-0.4, -0.2) is 20.1 Å². The number of benzene rings is 2. The molecule has 0 fully saturated rings. The molecule has 0 bridgehead atoms. The van der Waals surface area contributed by atoms with Gasteiger partial charge in [0.1, 0.15) is 5.75 Å². The summed E-state index contributed by atoms with van der Waals surface area (Å²) in [7, 11) is 0.